The standard InChI is InChI=1S/C22H26N4O2/c1-27-9-10-28-19-11-17(13-23-14-19)16-7-8-21-20(12-16)22(25-15-24-21)26-18-5-3-2-4-6-18/h7-8,11-15,18H,2-6,9-10H2,1H3,(H,24,25,26). The highest BCUT2D eigenvalue weighted by Crippen LogP contribution is 2.30. The molecule has 1 aliphatic rings. The normalized spacial score (nSPS) is 14.9. The van der Waals surface area contributed by atoms with Gasteiger partial charge in [0, 0.05) is 30.3 Å². The maximum Gasteiger partial charge on any atom is 0.138 e. The summed E-state index contributed by atoms with van der Waals surface area (Å²) in [5.74, 6) is 1.65. The predicted octanol–water partition coefficient (Wildman–Crippen LogP) is 4.46. The van der Waals surface area contributed by atoms with Crippen LogP contribution in [0.15, 0.2) is 43.0 Å². The van der Waals surface area contributed by atoms with Crippen LogP contribution in [-0.2, 0) is 4.74 Å². The molecule has 0 amide bonds. The highest BCUT2D eigenvalue weighted by molar-refractivity contribution is 5.92. The largest absolute Gasteiger partial charge is 0.490 e. The highest BCUT2D eigenvalue weighted by atomic mass is 16.5. The summed E-state index contributed by atoms with van der Waals surface area (Å²) in [6, 6.07) is 8.74. The van der Waals surface area contributed by atoms with Gasteiger partial charge in [0.1, 0.15) is 24.5 Å². The van der Waals surface area contributed by atoms with Gasteiger partial charge in [-0.2, -0.15) is 0 Å². The number of pyridine rings is 1. The maximum absolute atomic E-state index is 5.70. The van der Waals surface area contributed by atoms with E-state index >= 15 is 0 Å². The number of ether oxygens (including phenoxy) is 2. The Morgan fingerprint density at radius 1 is 1.00 bits per heavy atom. The van der Waals surface area contributed by atoms with Crippen molar-refractivity contribution in [2.45, 2.75) is 38.1 Å². The Labute approximate surface area is 165 Å². The number of nitrogens with one attached hydrogen (secondary N) is 1. The summed E-state index contributed by atoms with van der Waals surface area (Å²) in [5, 5.41) is 4.68. The van der Waals surface area contributed by atoms with Gasteiger partial charge < -0.3 is 14.8 Å². The van der Waals surface area contributed by atoms with Crippen LogP contribution in [0.2, 0.25) is 0 Å². The van der Waals surface area contributed by atoms with Gasteiger partial charge in [-0.25, -0.2) is 9.97 Å². The van der Waals surface area contributed by atoms with Crippen LogP contribution in [0.4, 0.5) is 5.82 Å². The molecule has 0 aliphatic heterocycles. The summed E-state index contributed by atoms with van der Waals surface area (Å²) in [6.45, 7) is 1.05. The molecule has 1 aromatic carbocycles. The van der Waals surface area contributed by atoms with E-state index in [1.807, 2.05) is 18.3 Å². The molecule has 0 saturated heterocycles. The lowest BCUT2D eigenvalue weighted by Crippen LogP contribution is -2.23. The molecule has 146 valence electrons. The Bertz CT molecular complexity index is 925. The Balaban J connectivity index is 1.61. The van der Waals surface area contributed by atoms with Gasteiger partial charge in [0.2, 0.25) is 0 Å². The molecule has 0 bridgehead atoms. The predicted molar refractivity (Wildman–Crippen MR) is 111 cm³/mol. The molecule has 0 spiro atoms. The number of hydrogen-bond donors (Lipinski definition) is 1. The van der Waals surface area contributed by atoms with Crippen molar-refractivity contribution >= 4 is 16.7 Å². The van der Waals surface area contributed by atoms with Gasteiger partial charge in [-0.3, -0.25) is 4.98 Å². The molecule has 4 rings (SSSR count). The summed E-state index contributed by atoms with van der Waals surface area (Å²) in [6.07, 6.45) is 11.5. The van der Waals surface area contributed by atoms with E-state index < -0.39 is 0 Å². The molecule has 6 heteroatoms. The van der Waals surface area contributed by atoms with Crippen LogP contribution in [0.3, 0.4) is 0 Å². The highest BCUT2D eigenvalue weighted by Gasteiger charge is 2.15. The molecular weight excluding hydrogens is 352 g/mol. The van der Waals surface area contributed by atoms with Gasteiger partial charge in [-0.15, -0.1) is 0 Å². The Morgan fingerprint density at radius 3 is 2.75 bits per heavy atom. The molecule has 3 aromatic rings. The fourth-order valence-corrected chi connectivity index (χ4v) is 3.69. The van der Waals surface area contributed by atoms with Crippen molar-refractivity contribution in [3.05, 3.63) is 43.0 Å². The molecule has 1 saturated carbocycles. The van der Waals surface area contributed by atoms with Gasteiger partial charge in [-0.05, 0) is 36.6 Å². The number of benzene rings is 1. The second-order valence-electron chi connectivity index (χ2n) is 7.18. The van der Waals surface area contributed by atoms with Gasteiger partial charge >= 0.3 is 0 Å². The van der Waals surface area contributed by atoms with Crippen LogP contribution in [0.5, 0.6) is 5.75 Å². The van der Waals surface area contributed by atoms with Gasteiger partial charge in [0.05, 0.1) is 18.3 Å². The van der Waals surface area contributed by atoms with Crippen molar-refractivity contribution in [1.82, 2.24) is 15.0 Å². The summed E-state index contributed by atoms with van der Waals surface area (Å²) in [7, 11) is 1.66. The summed E-state index contributed by atoms with van der Waals surface area (Å²) in [5.41, 5.74) is 3.01. The van der Waals surface area contributed by atoms with E-state index in [1.165, 1.54) is 32.1 Å². The zero-order valence-electron chi connectivity index (χ0n) is 16.2. The van der Waals surface area contributed by atoms with Crippen molar-refractivity contribution in [3.8, 4) is 16.9 Å². The van der Waals surface area contributed by atoms with Gasteiger partial charge in [0.15, 0.2) is 0 Å². The number of hydrogen-bond acceptors (Lipinski definition) is 6. The second kappa shape index (κ2) is 8.97. The lowest BCUT2D eigenvalue weighted by Gasteiger charge is -2.23. The van der Waals surface area contributed by atoms with E-state index in [4.69, 9.17) is 9.47 Å². The lowest BCUT2D eigenvalue weighted by atomic mass is 9.95. The fourth-order valence-electron chi connectivity index (χ4n) is 3.69. The molecule has 0 atom stereocenters. The van der Waals surface area contributed by atoms with Crippen molar-refractivity contribution in [2.75, 3.05) is 25.6 Å². The number of rotatable bonds is 7. The third kappa shape index (κ3) is 4.39. The van der Waals surface area contributed by atoms with Crippen molar-refractivity contribution < 1.29 is 9.47 Å². The molecule has 1 fully saturated rings. The van der Waals surface area contributed by atoms with E-state index in [9.17, 15) is 0 Å². The number of aromatic nitrogens is 3. The van der Waals surface area contributed by atoms with E-state index in [2.05, 4.69) is 32.4 Å². The molecular formula is C22H26N4O2. The molecule has 0 unspecified atom stereocenters. The Morgan fingerprint density at radius 2 is 1.89 bits per heavy atom. The first-order valence-electron chi connectivity index (χ1n) is 9.92. The second-order valence-corrected chi connectivity index (χ2v) is 7.18. The van der Waals surface area contributed by atoms with Crippen molar-refractivity contribution in [2.24, 2.45) is 0 Å². The minimum absolute atomic E-state index is 0.495. The number of anilines is 1. The van der Waals surface area contributed by atoms with Crippen LogP contribution < -0.4 is 10.1 Å². The third-order valence-electron chi connectivity index (χ3n) is 5.18. The molecule has 28 heavy (non-hydrogen) atoms. The molecule has 2 aromatic heterocycles. The first-order valence-corrected chi connectivity index (χ1v) is 9.92. The zero-order chi connectivity index (χ0) is 19.2. The quantitative estimate of drug-likeness (QED) is 0.612. The molecule has 2 heterocycles. The summed E-state index contributed by atoms with van der Waals surface area (Å²) >= 11 is 0. The monoisotopic (exact) mass is 378 g/mol. The minimum Gasteiger partial charge on any atom is -0.490 e. The third-order valence-corrected chi connectivity index (χ3v) is 5.18. The van der Waals surface area contributed by atoms with Crippen LogP contribution >= 0.6 is 0 Å². The molecule has 1 aliphatic carbocycles. The van der Waals surface area contributed by atoms with Gasteiger partial charge in [0.25, 0.3) is 0 Å². The zero-order valence-corrected chi connectivity index (χ0v) is 16.2. The smallest absolute Gasteiger partial charge is 0.138 e. The number of nitrogens with zero attached hydrogens (tertiary/aromatic N) is 3. The summed E-state index contributed by atoms with van der Waals surface area (Å²) < 4.78 is 10.7. The van der Waals surface area contributed by atoms with Crippen LogP contribution in [0, 0.1) is 0 Å². The van der Waals surface area contributed by atoms with Crippen LogP contribution in [-0.4, -0.2) is 41.3 Å². The SMILES string of the molecule is COCCOc1cncc(-c2ccc3ncnc(NC4CCCCC4)c3c2)c1. The Kier molecular flexibility index (Phi) is 5.97. The van der Waals surface area contributed by atoms with E-state index in [0.29, 0.717) is 19.3 Å². The average Bonchev–Trinajstić information content (AvgIpc) is 2.75. The topological polar surface area (TPSA) is 69.2 Å². The van der Waals surface area contributed by atoms with Crippen molar-refractivity contribution in [3.63, 3.8) is 0 Å². The maximum atomic E-state index is 5.70. The number of fused-ring (bicyclic) bond motifs is 1. The first-order chi connectivity index (χ1) is 13.8. The average molecular weight is 378 g/mol. The van der Waals surface area contributed by atoms with E-state index in [0.717, 1.165) is 33.6 Å². The lowest BCUT2D eigenvalue weighted by molar-refractivity contribution is 0.146. The van der Waals surface area contributed by atoms with E-state index in [-0.39, 0.29) is 0 Å². The Hall–Kier alpha value is -2.73. The van der Waals surface area contributed by atoms with Gasteiger partial charge in [-0.1, -0.05) is 25.3 Å². The fraction of sp³-hybridized carbons (Fsp3) is 0.409. The molecule has 0 radical (unpaired) electrons. The molecule has 6 nitrogen and oxygen atoms in total. The first kappa shape index (κ1) is 18.6. The summed E-state index contributed by atoms with van der Waals surface area (Å²) in [4.78, 5) is 13.3. The van der Waals surface area contributed by atoms with Crippen LogP contribution in [0.1, 0.15) is 32.1 Å². The minimum atomic E-state index is 0.495. The van der Waals surface area contributed by atoms with E-state index in [1.54, 1.807) is 19.6 Å². The van der Waals surface area contributed by atoms with Crippen LogP contribution in [0.25, 0.3) is 22.0 Å². The number of methoxy groups -OCH3 is 1. The van der Waals surface area contributed by atoms with Crippen molar-refractivity contribution in [1.29, 1.82) is 0 Å². The molecule has 1 N–H and O–H groups in total.